The van der Waals surface area contributed by atoms with Crippen molar-refractivity contribution >= 4 is 32.9 Å². The number of benzene rings is 2. The lowest BCUT2D eigenvalue weighted by atomic mass is 10.2. The van der Waals surface area contributed by atoms with Crippen LogP contribution < -0.4 is 5.32 Å². The Balaban J connectivity index is 1.65. The van der Waals surface area contributed by atoms with Crippen LogP contribution in [0.25, 0.3) is 11.0 Å². The van der Waals surface area contributed by atoms with E-state index in [4.69, 9.17) is 0 Å². The summed E-state index contributed by atoms with van der Waals surface area (Å²) in [6.07, 6.45) is -0.883. The van der Waals surface area contributed by atoms with Gasteiger partial charge in [-0.25, -0.2) is 4.98 Å². The number of H-pyrrole nitrogens is 1. The average Bonchev–Trinajstić information content (AvgIpc) is 2.97. The van der Waals surface area contributed by atoms with Gasteiger partial charge in [-0.05, 0) is 36.4 Å². The van der Waals surface area contributed by atoms with E-state index in [1.807, 2.05) is 24.3 Å². The summed E-state index contributed by atoms with van der Waals surface area (Å²) < 4.78 is 0.909. The number of nitrogens with one attached hydrogen (secondary N) is 2. The molecule has 0 aliphatic rings. The zero-order valence-corrected chi connectivity index (χ0v) is 13.2. The van der Waals surface area contributed by atoms with E-state index in [2.05, 4.69) is 31.2 Å². The van der Waals surface area contributed by atoms with Gasteiger partial charge in [0.25, 0.3) is 5.91 Å². The molecular formula is C16H14BrN3O2. The molecule has 0 fully saturated rings. The second kappa shape index (κ2) is 6.29. The third-order valence-electron chi connectivity index (χ3n) is 3.29. The van der Waals surface area contributed by atoms with Gasteiger partial charge in [-0.15, -0.1) is 0 Å². The monoisotopic (exact) mass is 359 g/mol. The molecule has 2 aromatic carbocycles. The van der Waals surface area contributed by atoms with Crippen LogP contribution in [0.4, 0.5) is 0 Å². The number of aromatic nitrogens is 2. The summed E-state index contributed by atoms with van der Waals surface area (Å²) in [6.45, 7) is 0.0920. The Morgan fingerprint density at radius 2 is 1.95 bits per heavy atom. The lowest BCUT2D eigenvalue weighted by Gasteiger charge is -2.09. The Hall–Kier alpha value is -2.18. The molecule has 1 atom stereocenters. The summed E-state index contributed by atoms with van der Waals surface area (Å²) in [7, 11) is 0. The summed E-state index contributed by atoms with van der Waals surface area (Å²) in [6, 6.07) is 14.6. The first-order chi connectivity index (χ1) is 10.6. The molecule has 3 aromatic rings. The van der Waals surface area contributed by atoms with Crippen LogP contribution in [0.15, 0.2) is 53.0 Å². The van der Waals surface area contributed by atoms with Gasteiger partial charge in [0.1, 0.15) is 11.9 Å². The number of hydrogen-bond acceptors (Lipinski definition) is 3. The minimum atomic E-state index is -0.883. The molecule has 0 spiro atoms. The average molecular weight is 360 g/mol. The molecule has 0 radical (unpaired) electrons. The summed E-state index contributed by atoms with van der Waals surface area (Å²) in [4.78, 5) is 19.4. The van der Waals surface area contributed by atoms with Crippen molar-refractivity contribution < 1.29 is 9.90 Å². The molecule has 0 saturated heterocycles. The first-order valence-corrected chi connectivity index (χ1v) is 7.59. The molecule has 3 rings (SSSR count). The molecule has 0 bridgehead atoms. The maximum atomic E-state index is 12.0. The number of amides is 1. The minimum Gasteiger partial charge on any atom is -0.383 e. The van der Waals surface area contributed by atoms with Crippen molar-refractivity contribution in [1.82, 2.24) is 15.3 Å². The van der Waals surface area contributed by atoms with Gasteiger partial charge in [-0.2, -0.15) is 0 Å². The fraction of sp³-hybridized carbons (Fsp3) is 0.125. The second-order valence-electron chi connectivity index (χ2n) is 4.87. The smallest absolute Gasteiger partial charge is 0.251 e. The maximum absolute atomic E-state index is 12.0. The lowest BCUT2D eigenvalue weighted by Crippen LogP contribution is -2.28. The van der Waals surface area contributed by atoms with Crippen molar-refractivity contribution in [3.63, 3.8) is 0 Å². The van der Waals surface area contributed by atoms with E-state index in [1.165, 1.54) is 0 Å². The number of halogens is 1. The van der Waals surface area contributed by atoms with Gasteiger partial charge >= 0.3 is 0 Å². The number of aliphatic hydroxyl groups is 1. The van der Waals surface area contributed by atoms with E-state index in [0.717, 1.165) is 15.5 Å². The fourth-order valence-corrected chi connectivity index (χ4v) is 2.38. The number of carbonyl (C=O) groups excluding carboxylic acids is 1. The van der Waals surface area contributed by atoms with Crippen molar-refractivity contribution in [2.75, 3.05) is 6.54 Å². The minimum absolute atomic E-state index is 0.0920. The first-order valence-electron chi connectivity index (χ1n) is 6.80. The summed E-state index contributed by atoms with van der Waals surface area (Å²) in [5.74, 6) is 0.208. The molecule has 3 N–H and O–H groups in total. The standard InChI is InChI=1S/C16H14BrN3O2/c17-11-7-5-10(6-8-11)16(22)18-9-14(21)15-19-12-3-1-2-4-13(12)20-15/h1-8,14,21H,9H2,(H,18,22)(H,19,20). The van der Waals surface area contributed by atoms with E-state index in [-0.39, 0.29) is 12.5 Å². The van der Waals surface area contributed by atoms with Crippen LogP contribution in [0.3, 0.4) is 0 Å². The molecule has 22 heavy (non-hydrogen) atoms. The van der Waals surface area contributed by atoms with E-state index >= 15 is 0 Å². The van der Waals surface area contributed by atoms with Gasteiger partial charge in [0.05, 0.1) is 17.6 Å². The number of imidazole rings is 1. The van der Waals surface area contributed by atoms with Crippen molar-refractivity contribution in [1.29, 1.82) is 0 Å². The van der Waals surface area contributed by atoms with E-state index in [0.29, 0.717) is 11.4 Å². The van der Waals surface area contributed by atoms with Gasteiger partial charge < -0.3 is 15.4 Å². The van der Waals surface area contributed by atoms with E-state index < -0.39 is 6.10 Å². The topological polar surface area (TPSA) is 78.0 Å². The quantitative estimate of drug-likeness (QED) is 0.670. The molecule has 0 saturated carbocycles. The molecule has 0 aliphatic carbocycles. The Labute approximate surface area is 135 Å². The van der Waals surface area contributed by atoms with Crippen LogP contribution in [-0.4, -0.2) is 27.5 Å². The zero-order valence-electron chi connectivity index (χ0n) is 11.6. The number of hydrogen-bond donors (Lipinski definition) is 3. The molecular weight excluding hydrogens is 346 g/mol. The number of aliphatic hydroxyl groups excluding tert-OH is 1. The van der Waals surface area contributed by atoms with Gasteiger partial charge in [-0.1, -0.05) is 28.1 Å². The van der Waals surface area contributed by atoms with E-state index in [1.54, 1.807) is 24.3 Å². The number of rotatable bonds is 4. The maximum Gasteiger partial charge on any atom is 0.251 e. The van der Waals surface area contributed by atoms with Gasteiger partial charge in [0.15, 0.2) is 0 Å². The largest absolute Gasteiger partial charge is 0.383 e. The highest BCUT2D eigenvalue weighted by Gasteiger charge is 2.14. The highest BCUT2D eigenvalue weighted by Crippen LogP contribution is 2.15. The van der Waals surface area contributed by atoms with Gasteiger partial charge in [0.2, 0.25) is 0 Å². The number of nitrogens with zero attached hydrogens (tertiary/aromatic N) is 1. The number of para-hydroxylation sites is 2. The van der Waals surface area contributed by atoms with Crippen LogP contribution in [-0.2, 0) is 0 Å². The summed E-state index contributed by atoms with van der Waals surface area (Å²) in [5.41, 5.74) is 2.19. The Morgan fingerprint density at radius 3 is 2.68 bits per heavy atom. The molecule has 112 valence electrons. The van der Waals surface area contributed by atoms with Crippen molar-refractivity contribution in [3.8, 4) is 0 Å². The third kappa shape index (κ3) is 3.18. The Morgan fingerprint density at radius 1 is 1.23 bits per heavy atom. The highest BCUT2D eigenvalue weighted by molar-refractivity contribution is 9.10. The van der Waals surface area contributed by atoms with Crippen molar-refractivity contribution in [2.24, 2.45) is 0 Å². The summed E-state index contributed by atoms with van der Waals surface area (Å²) >= 11 is 3.32. The van der Waals surface area contributed by atoms with Gasteiger partial charge in [0, 0.05) is 10.0 Å². The van der Waals surface area contributed by atoms with Crippen LogP contribution in [0.1, 0.15) is 22.3 Å². The predicted octanol–water partition coefficient (Wildman–Crippen LogP) is 2.79. The molecule has 1 amide bonds. The Kier molecular flexibility index (Phi) is 4.22. The predicted molar refractivity (Wildman–Crippen MR) is 87.5 cm³/mol. The third-order valence-corrected chi connectivity index (χ3v) is 3.81. The fourth-order valence-electron chi connectivity index (χ4n) is 2.12. The van der Waals surface area contributed by atoms with Crippen molar-refractivity contribution in [2.45, 2.75) is 6.10 Å². The van der Waals surface area contributed by atoms with Crippen LogP contribution in [0, 0.1) is 0 Å². The molecule has 1 aromatic heterocycles. The molecule has 1 unspecified atom stereocenters. The summed E-state index contributed by atoms with van der Waals surface area (Å²) in [5, 5.41) is 12.8. The van der Waals surface area contributed by atoms with Crippen molar-refractivity contribution in [3.05, 3.63) is 64.4 Å². The number of aromatic amines is 1. The van der Waals surface area contributed by atoms with E-state index in [9.17, 15) is 9.90 Å². The van der Waals surface area contributed by atoms with Crippen LogP contribution in [0.2, 0.25) is 0 Å². The molecule has 6 heteroatoms. The number of carbonyl (C=O) groups is 1. The normalized spacial score (nSPS) is 12.3. The molecule has 5 nitrogen and oxygen atoms in total. The first kappa shape index (κ1) is 14.7. The SMILES string of the molecule is O=C(NCC(O)c1nc2ccccc2[nH]1)c1ccc(Br)cc1. The number of fused-ring (bicyclic) bond motifs is 1. The zero-order chi connectivity index (χ0) is 15.5. The molecule has 1 heterocycles. The highest BCUT2D eigenvalue weighted by atomic mass is 79.9. The lowest BCUT2D eigenvalue weighted by molar-refractivity contribution is 0.0912. The second-order valence-corrected chi connectivity index (χ2v) is 5.79. The van der Waals surface area contributed by atoms with Crippen LogP contribution in [0.5, 0.6) is 0 Å². The Bertz CT molecular complexity index is 766. The molecule has 0 aliphatic heterocycles. The van der Waals surface area contributed by atoms with Crippen LogP contribution >= 0.6 is 15.9 Å². The van der Waals surface area contributed by atoms with Gasteiger partial charge in [-0.3, -0.25) is 4.79 Å².